The second kappa shape index (κ2) is 8.10. The normalized spacial score (nSPS) is 11.1. The number of halogens is 1. The molecule has 7 heteroatoms. The van der Waals surface area contributed by atoms with E-state index in [2.05, 4.69) is 4.99 Å². The van der Waals surface area contributed by atoms with Crippen molar-refractivity contribution in [3.05, 3.63) is 92.0 Å². The van der Waals surface area contributed by atoms with Crippen LogP contribution in [0.1, 0.15) is 22.3 Å². The van der Waals surface area contributed by atoms with Crippen molar-refractivity contribution in [3.63, 3.8) is 0 Å². The van der Waals surface area contributed by atoms with E-state index >= 15 is 0 Å². The van der Waals surface area contributed by atoms with Crippen molar-refractivity contribution in [1.29, 1.82) is 0 Å². The molecule has 0 heterocycles. The van der Waals surface area contributed by atoms with Crippen molar-refractivity contribution in [1.82, 2.24) is 0 Å². The van der Waals surface area contributed by atoms with E-state index in [1.54, 1.807) is 36.4 Å². The number of nitrogens with zero attached hydrogens (tertiary/aromatic N) is 2. The van der Waals surface area contributed by atoms with E-state index in [1.807, 2.05) is 19.1 Å². The van der Waals surface area contributed by atoms with Crippen LogP contribution in [0.3, 0.4) is 0 Å². The summed E-state index contributed by atoms with van der Waals surface area (Å²) in [6.07, 6.45) is 1.65. The van der Waals surface area contributed by atoms with Crippen LogP contribution >= 0.6 is 11.6 Å². The van der Waals surface area contributed by atoms with Crippen LogP contribution in [-0.2, 0) is 6.42 Å². The molecule has 0 spiro atoms. The molecule has 0 radical (unpaired) electrons. The largest absolute Gasteiger partial charge is 0.506 e. The minimum absolute atomic E-state index is 0.0162. The Morgan fingerprint density at radius 2 is 1.89 bits per heavy atom. The van der Waals surface area contributed by atoms with Gasteiger partial charge in [0.25, 0.3) is 0 Å². The monoisotopic (exact) mass is 396 g/mol. The predicted octanol–water partition coefficient (Wildman–Crippen LogP) is 5.31. The lowest BCUT2D eigenvalue weighted by Crippen LogP contribution is -1.97. The summed E-state index contributed by atoms with van der Waals surface area (Å²) >= 11 is 6.18. The van der Waals surface area contributed by atoms with E-state index in [0.717, 1.165) is 11.1 Å². The molecule has 0 saturated heterocycles. The Balaban J connectivity index is 2.02. The van der Waals surface area contributed by atoms with E-state index in [-0.39, 0.29) is 11.3 Å². The second-order valence-electron chi connectivity index (χ2n) is 6.33. The Kier molecular flexibility index (Phi) is 5.61. The van der Waals surface area contributed by atoms with Gasteiger partial charge in [0.2, 0.25) is 5.75 Å². The van der Waals surface area contributed by atoms with Crippen LogP contribution in [0.2, 0.25) is 5.02 Å². The molecule has 0 unspecified atom stereocenters. The highest BCUT2D eigenvalue weighted by Crippen LogP contribution is 2.33. The number of benzene rings is 3. The lowest BCUT2D eigenvalue weighted by atomic mass is 10.0. The zero-order valence-electron chi connectivity index (χ0n) is 15.0. The number of phenols is 2. The van der Waals surface area contributed by atoms with Crippen molar-refractivity contribution in [3.8, 4) is 11.5 Å². The fourth-order valence-electron chi connectivity index (χ4n) is 2.78. The molecule has 142 valence electrons. The van der Waals surface area contributed by atoms with Gasteiger partial charge in [0, 0.05) is 22.9 Å². The van der Waals surface area contributed by atoms with Gasteiger partial charge < -0.3 is 10.2 Å². The first-order valence-corrected chi connectivity index (χ1v) is 8.80. The van der Waals surface area contributed by atoms with Gasteiger partial charge in [-0.05, 0) is 54.3 Å². The maximum atomic E-state index is 11.3. The number of aryl methyl sites for hydroxylation is 1. The molecular weight excluding hydrogens is 380 g/mol. The topological polar surface area (TPSA) is 96.0 Å². The predicted molar refractivity (Wildman–Crippen MR) is 109 cm³/mol. The lowest BCUT2D eigenvalue weighted by Gasteiger charge is -2.08. The third-order valence-corrected chi connectivity index (χ3v) is 4.57. The van der Waals surface area contributed by atoms with E-state index in [9.17, 15) is 20.3 Å². The number of hydrogen-bond acceptors (Lipinski definition) is 5. The molecule has 0 aliphatic heterocycles. The van der Waals surface area contributed by atoms with Gasteiger partial charge in [-0.25, -0.2) is 0 Å². The number of nitro benzene ring substituents is 1. The van der Waals surface area contributed by atoms with Crippen molar-refractivity contribution in [2.24, 2.45) is 4.99 Å². The summed E-state index contributed by atoms with van der Waals surface area (Å²) < 4.78 is 0. The first kappa shape index (κ1) is 19.4. The fourth-order valence-corrected chi connectivity index (χ4v) is 2.99. The van der Waals surface area contributed by atoms with Gasteiger partial charge in [0.05, 0.1) is 4.92 Å². The van der Waals surface area contributed by atoms with Crippen molar-refractivity contribution in [2.75, 3.05) is 0 Å². The average Bonchev–Trinajstić information content (AvgIpc) is 2.64. The Morgan fingerprint density at radius 3 is 2.57 bits per heavy atom. The van der Waals surface area contributed by atoms with E-state index in [1.165, 1.54) is 12.3 Å². The summed E-state index contributed by atoms with van der Waals surface area (Å²) in [7, 11) is 0. The molecule has 0 amide bonds. The first-order chi connectivity index (χ1) is 13.3. The lowest BCUT2D eigenvalue weighted by molar-refractivity contribution is -0.385. The Labute approximate surface area is 166 Å². The zero-order chi connectivity index (χ0) is 20.3. The molecule has 28 heavy (non-hydrogen) atoms. The molecule has 3 rings (SSSR count). The quantitative estimate of drug-likeness (QED) is 0.347. The highest BCUT2D eigenvalue weighted by molar-refractivity contribution is 6.31. The molecule has 0 saturated carbocycles. The third kappa shape index (κ3) is 4.29. The minimum Gasteiger partial charge on any atom is -0.506 e. The molecule has 0 bridgehead atoms. The van der Waals surface area contributed by atoms with Crippen LogP contribution in [-0.4, -0.2) is 21.4 Å². The highest BCUT2D eigenvalue weighted by Gasteiger charge is 2.19. The minimum atomic E-state index is -0.647. The van der Waals surface area contributed by atoms with Crippen LogP contribution in [0.4, 0.5) is 11.4 Å². The van der Waals surface area contributed by atoms with Gasteiger partial charge >= 0.3 is 5.69 Å². The third-order valence-electron chi connectivity index (χ3n) is 4.20. The number of rotatable bonds is 5. The van der Waals surface area contributed by atoms with Crippen LogP contribution in [0.15, 0.2) is 59.6 Å². The summed E-state index contributed by atoms with van der Waals surface area (Å²) in [6.45, 7) is 1.83. The molecule has 0 aliphatic carbocycles. The van der Waals surface area contributed by atoms with Crippen molar-refractivity contribution >= 4 is 29.2 Å². The summed E-state index contributed by atoms with van der Waals surface area (Å²) in [5.74, 6) is -0.499. The smallest absolute Gasteiger partial charge is 0.311 e. The average molecular weight is 397 g/mol. The van der Waals surface area contributed by atoms with Crippen LogP contribution in [0.5, 0.6) is 11.5 Å². The summed E-state index contributed by atoms with van der Waals surface area (Å²) in [5, 5.41) is 32.1. The molecule has 3 aromatic carbocycles. The van der Waals surface area contributed by atoms with Gasteiger partial charge in [0.15, 0.2) is 0 Å². The fraction of sp³-hybridized carbons (Fsp3) is 0.0952. The summed E-state index contributed by atoms with van der Waals surface area (Å²) in [6, 6.07) is 15.1. The maximum absolute atomic E-state index is 11.3. The number of nitro groups is 1. The number of hydrogen-bond donors (Lipinski definition) is 2. The first-order valence-electron chi connectivity index (χ1n) is 8.42. The van der Waals surface area contributed by atoms with Gasteiger partial charge in [-0.1, -0.05) is 35.9 Å². The molecule has 0 aliphatic rings. The molecular formula is C21H17ClN2O4. The molecule has 2 N–H and O–H groups in total. The summed E-state index contributed by atoms with van der Waals surface area (Å²) in [4.78, 5) is 14.9. The second-order valence-corrected chi connectivity index (χ2v) is 6.74. The Bertz CT molecular complexity index is 1080. The van der Waals surface area contributed by atoms with Crippen LogP contribution in [0.25, 0.3) is 0 Å². The molecule has 0 fully saturated rings. The Hall–Kier alpha value is -3.38. The molecule has 3 aromatic rings. The van der Waals surface area contributed by atoms with Crippen molar-refractivity contribution < 1.29 is 15.1 Å². The zero-order valence-corrected chi connectivity index (χ0v) is 15.7. The van der Waals surface area contributed by atoms with Gasteiger partial charge in [-0.15, -0.1) is 0 Å². The summed E-state index contributed by atoms with van der Waals surface area (Å²) in [5.41, 5.74) is 2.34. The van der Waals surface area contributed by atoms with Gasteiger partial charge in [-0.3, -0.25) is 15.1 Å². The number of aromatic hydroxyl groups is 2. The van der Waals surface area contributed by atoms with Gasteiger partial charge in [0.1, 0.15) is 11.4 Å². The van der Waals surface area contributed by atoms with Crippen LogP contribution in [0, 0.1) is 17.0 Å². The van der Waals surface area contributed by atoms with Crippen molar-refractivity contribution in [2.45, 2.75) is 13.3 Å². The van der Waals surface area contributed by atoms with Crippen LogP contribution < -0.4 is 0 Å². The SMILES string of the molecule is Cc1ccc(N=Cc2cc(Cc3ccccc3Cl)cc([N+](=O)[O-])c2O)c(O)c1. The molecule has 0 aromatic heterocycles. The van der Waals surface area contributed by atoms with E-state index in [4.69, 9.17) is 11.6 Å². The number of phenolic OH excluding ortho intramolecular Hbond substituents is 2. The number of aliphatic imine (C=N–C) groups is 1. The van der Waals surface area contributed by atoms with E-state index in [0.29, 0.717) is 22.7 Å². The van der Waals surface area contributed by atoms with E-state index < -0.39 is 16.4 Å². The van der Waals surface area contributed by atoms with Gasteiger partial charge in [-0.2, -0.15) is 0 Å². The standard InChI is InChI=1S/C21H17ClN2O4/c1-13-6-7-18(20(25)8-13)23-12-16-10-14(11-19(21(16)26)24(27)28)9-15-4-2-3-5-17(15)22/h2-8,10-12,25-26H,9H2,1H3. The maximum Gasteiger partial charge on any atom is 0.311 e. The molecule has 0 atom stereocenters. The Morgan fingerprint density at radius 1 is 1.14 bits per heavy atom. The molecule has 6 nitrogen and oxygen atoms in total. The highest BCUT2D eigenvalue weighted by atomic mass is 35.5.